The molecular weight excluding hydrogens is 364 g/mol. The Morgan fingerprint density at radius 2 is 1.96 bits per heavy atom. The largest absolute Gasteiger partial charge is 0.376 e. The summed E-state index contributed by atoms with van der Waals surface area (Å²) in [4.78, 5) is 51.0. The average Bonchev–Trinajstić information content (AvgIpc) is 3.07. The second-order valence-corrected chi connectivity index (χ2v) is 7.69. The first kappa shape index (κ1) is 20.3. The van der Waals surface area contributed by atoms with E-state index < -0.39 is 16.9 Å². The van der Waals surface area contributed by atoms with Gasteiger partial charge in [0.1, 0.15) is 5.69 Å². The summed E-state index contributed by atoms with van der Waals surface area (Å²) in [6, 6.07) is 0.956. The Labute approximate surface area is 163 Å². The fourth-order valence-electron chi connectivity index (χ4n) is 4.49. The van der Waals surface area contributed by atoms with Crippen LogP contribution >= 0.6 is 0 Å². The molecule has 1 saturated carbocycles. The molecular formula is C19H28N4O5. The molecule has 1 N–H and O–H groups in total. The molecule has 2 fully saturated rings. The Morgan fingerprint density at radius 3 is 2.61 bits per heavy atom. The van der Waals surface area contributed by atoms with Gasteiger partial charge >= 0.3 is 5.69 Å². The van der Waals surface area contributed by atoms with Gasteiger partial charge in [0.25, 0.3) is 11.5 Å². The van der Waals surface area contributed by atoms with Gasteiger partial charge in [-0.15, -0.1) is 0 Å². The van der Waals surface area contributed by atoms with Crippen LogP contribution < -0.4 is 16.6 Å². The predicted octanol–water partition coefficient (Wildman–Crippen LogP) is -0.238. The van der Waals surface area contributed by atoms with Gasteiger partial charge in [-0.05, 0) is 25.7 Å². The molecule has 1 aromatic heterocycles. The van der Waals surface area contributed by atoms with Crippen LogP contribution in [0.5, 0.6) is 0 Å². The first-order valence-corrected chi connectivity index (χ1v) is 9.66. The molecule has 28 heavy (non-hydrogen) atoms. The Morgan fingerprint density at radius 1 is 1.25 bits per heavy atom. The van der Waals surface area contributed by atoms with Crippen LogP contribution in [0, 0.1) is 0 Å². The van der Waals surface area contributed by atoms with E-state index >= 15 is 0 Å². The number of ether oxygens (including phenoxy) is 1. The third-order valence-electron chi connectivity index (χ3n) is 6.28. The maximum atomic E-state index is 13.3. The molecule has 0 bridgehead atoms. The van der Waals surface area contributed by atoms with Crippen LogP contribution in [-0.2, 0) is 23.6 Å². The molecule has 3 atom stereocenters. The van der Waals surface area contributed by atoms with Crippen molar-refractivity contribution >= 4 is 11.8 Å². The van der Waals surface area contributed by atoms with Gasteiger partial charge < -0.3 is 15.0 Å². The summed E-state index contributed by atoms with van der Waals surface area (Å²) in [6.45, 7) is 2.29. The fraction of sp³-hybridized carbons (Fsp3) is 0.684. The first-order chi connectivity index (χ1) is 13.2. The summed E-state index contributed by atoms with van der Waals surface area (Å²) in [5, 5.41) is 3.02. The van der Waals surface area contributed by atoms with E-state index in [1.54, 1.807) is 18.9 Å². The number of carbonyl (C=O) groups excluding carboxylic acids is 2. The summed E-state index contributed by atoms with van der Waals surface area (Å²) < 4.78 is 8.03. The molecule has 0 spiro atoms. The van der Waals surface area contributed by atoms with Crippen molar-refractivity contribution in [3.05, 3.63) is 32.6 Å². The molecule has 1 aromatic rings. The zero-order valence-corrected chi connectivity index (χ0v) is 16.9. The number of fused-ring (bicyclic) bond motifs is 1. The highest BCUT2D eigenvalue weighted by Gasteiger charge is 2.53. The van der Waals surface area contributed by atoms with Gasteiger partial charge in [-0.1, -0.05) is 6.92 Å². The van der Waals surface area contributed by atoms with Gasteiger partial charge in [0.15, 0.2) is 0 Å². The van der Waals surface area contributed by atoms with E-state index in [1.165, 1.54) is 24.7 Å². The van der Waals surface area contributed by atoms with Crippen molar-refractivity contribution in [1.82, 2.24) is 19.4 Å². The Bertz CT molecular complexity index is 905. The average molecular weight is 392 g/mol. The number of amides is 2. The summed E-state index contributed by atoms with van der Waals surface area (Å²) in [5.41, 5.74) is -1.44. The Balaban J connectivity index is 1.92. The molecule has 154 valence electrons. The maximum absolute atomic E-state index is 13.3. The second kappa shape index (κ2) is 7.54. The third kappa shape index (κ3) is 3.28. The minimum Gasteiger partial charge on any atom is -0.376 e. The van der Waals surface area contributed by atoms with Crippen molar-refractivity contribution in [2.75, 3.05) is 13.7 Å². The topological polar surface area (TPSA) is 103 Å². The van der Waals surface area contributed by atoms with Gasteiger partial charge in [0.2, 0.25) is 5.91 Å². The van der Waals surface area contributed by atoms with E-state index in [2.05, 4.69) is 5.32 Å². The summed E-state index contributed by atoms with van der Waals surface area (Å²) in [7, 11) is 4.52. The molecule has 2 amide bonds. The molecule has 1 saturated heterocycles. The van der Waals surface area contributed by atoms with Gasteiger partial charge in [-0.3, -0.25) is 23.5 Å². The number of aromatic nitrogens is 2. The van der Waals surface area contributed by atoms with Crippen molar-refractivity contribution in [2.45, 2.75) is 56.7 Å². The Kier molecular flexibility index (Phi) is 5.47. The summed E-state index contributed by atoms with van der Waals surface area (Å²) in [6.07, 6.45) is 3.22. The molecule has 9 heteroatoms. The third-order valence-corrected chi connectivity index (χ3v) is 6.28. The van der Waals surface area contributed by atoms with Crippen LogP contribution in [0.4, 0.5) is 0 Å². The highest BCUT2D eigenvalue weighted by Crippen LogP contribution is 2.42. The van der Waals surface area contributed by atoms with Crippen molar-refractivity contribution in [1.29, 1.82) is 0 Å². The number of nitrogens with one attached hydrogen (secondary N) is 1. The number of nitrogens with zero attached hydrogens (tertiary/aromatic N) is 3. The number of hydrogen-bond donors (Lipinski definition) is 1. The second-order valence-electron chi connectivity index (χ2n) is 7.69. The zero-order chi connectivity index (χ0) is 20.6. The van der Waals surface area contributed by atoms with Crippen LogP contribution in [0.1, 0.15) is 49.5 Å². The molecule has 2 aliphatic rings. The van der Waals surface area contributed by atoms with Crippen LogP contribution in [0.25, 0.3) is 0 Å². The smallest absolute Gasteiger partial charge is 0.331 e. The van der Waals surface area contributed by atoms with Gasteiger partial charge in [-0.2, -0.15) is 0 Å². The molecule has 3 rings (SSSR count). The fourth-order valence-corrected chi connectivity index (χ4v) is 4.49. The lowest BCUT2D eigenvalue weighted by Gasteiger charge is -2.43. The van der Waals surface area contributed by atoms with Crippen LogP contribution in [0.3, 0.4) is 0 Å². The molecule has 0 unspecified atom stereocenters. The van der Waals surface area contributed by atoms with E-state index in [9.17, 15) is 19.2 Å². The van der Waals surface area contributed by atoms with E-state index in [-0.39, 0.29) is 29.6 Å². The van der Waals surface area contributed by atoms with Crippen molar-refractivity contribution in [2.24, 2.45) is 14.1 Å². The maximum Gasteiger partial charge on any atom is 0.331 e. The molecule has 0 aromatic carbocycles. The van der Waals surface area contributed by atoms with E-state index in [4.69, 9.17) is 4.74 Å². The quantitative estimate of drug-likeness (QED) is 0.762. The molecule has 0 radical (unpaired) electrons. The number of likely N-dealkylation sites (tertiary alicyclic amines) is 1. The molecule has 1 aliphatic heterocycles. The van der Waals surface area contributed by atoms with Crippen molar-refractivity contribution in [3.63, 3.8) is 0 Å². The first-order valence-electron chi connectivity index (χ1n) is 9.66. The Hall–Kier alpha value is -2.42. The van der Waals surface area contributed by atoms with Crippen molar-refractivity contribution in [3.8, 4) is 0 Å². The van der Waals surface area contributed by atoms with E-state index in [1.807, 2.05) is 0 Å². The van der Waals surface area contributed by atoms with Crippen molar-refractivity contribution < 1.29 is 14.3 Å². The normalized spacial score (nSPS) is 26.8. The van der Waals surface area contributed by atoms with Gasteiger partial charge in [-0.25, -0.2) is 4.79 Å². The number of rotatable bonds is 4. The standard InChI is InChI=1S/C19H28N4O5/c1-5-15(24)20-12-6-7-19(28-4)8-9-23(14(19)10-12)17(26)13-11-16(25)22(3)18(27)21(13)2/h11-12,14H,5-10H2,1-4H3,(H,20,24)/t12-,14+,19-/m1/s1. The lowest BCUT2D eigenvalue weighted by atomic mass is 9.78. The SMILES string of the molecule is CCC(=O)N[C@@H]1CC[C@@]2(OC)CCN(C(=O)c3cc(=O)n(C)c(=O)n3C)[C@H]2C1. The molecule has 1 aliphatic carbocycles. The summed E-state index contributed by atoms with van der Waals surface area (Å²) >= 11 is 0. The van der Waals surface area contributed by atoms with Crippen LogP contribution in [0.15, 0.2) is 15.7 Å². The highest BCUT2D eigenvalue weighted by atomic mass is 16.5. The number of hydrogen-bond acceptors (Lipinski definition) is 5. The zero-order valence-electron chi connectivity index (χ0n) is 16.9. The van der Waals surface area contributed by atoms with Crippen LogP contribution in [0.2, 0.25) is 0 Å². The van der Waals surface area contributed by atoms with Gasteiger partial charge in [0.05, 0.1) is 11.6 Å². The number of methoxy groups -OCH3 is 1. The lowest BCUT2D eigenvalue weighted by Crippen LogP contribution is -2.56. The monoisotopic (exact) mass is 392 g/mol. The predicted molar refractivity (Wildman–Crippen MR) is 102 cm³/mol. The lowest BCUT2D eigenvalue weighted by molar-refractivity contribution is -0.122. The number of carbonyl (C=O) groups is 2. The minimum atomic E-state index is -0.537. The van der Waals surface area contributed by atoms with Gasteiger partial charge in [0, 0.05) is 46.3 Å². The highest BCUT2D eigenvalue weighted by molar-refractivity contribution is 5.93. The minimum absolute atomic E-state index is 0.0141. The molecule has 9 nitrogen and oxygen atoms in total. The van der Waals surface area contributed by atoms with E-state index in [0.717, 1.165) is 17.4 Å². The summed E-state index contributed by atoms with van der Waals surface area (Å²) in [5.74, 6) is -0.372. The molecule has 2 heterocycles. The van der Waals surface area contributed by atoms with E-state index in [0.29, 0.717) is 25.8 Å². The van der Waals surface area contributed by atoms with Crippen LogP contribution in [-0.4, -0.2) is 57.2 Å².